The van der Waals surface area contributed by atoms with Gasteiger partial charge in [0.15, 0.2) is 0 Å². The number of hydrogen-bond acceptors (Lipinski definition) is 2. The number of rotatable bonds is 3. The molecule has 0 bridgehead atoms. The van der Waals surface area contributed by atoms with Crippen LogP contribution in [0, 0.1) is 0 Å². The van der Waals surface area contributed by atoms with Gasteiger partial charge in [-0.15, -0.1) is 0 Å². The lowest BCUT2D eigenvalue weighted by Gasteiger charge is -1.85. The van der Waals surface area contributed by atoms with Gasteiger partial charge >= 0.3 is 0 Å². The Balaban J connectivity index is 2.34. The minimum absolute atomic E-state index is 0.935. The monoisotopic (exact) mass is 119 g/mol. The van der Waals surface area contributed by atoms with Gasteiger partial charge in [-0.1, -0.05) is 6.82 Å². The highest BCUT2D eigenvalue weighted by Gasteiger charge is 1.77. The molecule has 0 saturated heterocycles. The largest absolute Gasteiger partial charge is 0.168 e. The van der Waals surface area contributed by atoms with Gasteiger partial charge in [0, 0.05) is 5.08 Å². The topological polar surface area (TPSA) is 0 Å². The second-order valence-corrected chi connectivity index (χ2v) is 2.68. The van der Waals surface area contributed by atoms with Crippen molar-refractivity contribution in [1.29, 1.82) is 0 Å². The molecule has 0 amide bonds. The summed E-state index contributed by atoms with van der Waals surface area (Å²) in [6, 6.07) is 0. The summed E-state index contributed by atoms with van der Waals surface area (Å²) < 4.78 is 0. The molecule has 3 heteroatoms. The standard InChI is InChI=1S/C3H8BS2/c1-4-2-6-3-5/h5H,2-3H2,1H3. The van der Waals surface area contributed by atoms with Crippen molar-refractivity contribution in [1.82, 2.24) is 0 Å². The van der Waals surface area contributed by atoms with Crippen molar-refractivity contribution in [3.05, 3.63) is 0 Å². The zero-order valence-electron chi connectivity index (χ0n) is 3.85. The second-order valence-electron chi connectivity index (χ2n) is 0.908. The molecule has 35 valence electrons. The summed E-state index contributed by atoms with van der Waals surface area (Å²) in [5, 5.41) is 0.935. The summed E-state index contributed by atoms with van der Waals surface area (Å²) in [6.45, 7) is 2.05. The van der Waals surface area contributed by atoms with Crippen molar-refractivity contribution in [3.8, 4) is 0 Å². The molecule has 0 aliphatic heterocycles. The van der Waals surface area contributed by atoms with Crippen LogP contribution in [0.15, 0.2) is 0 Å². The first-order valence-corrected chi connectivity index (χ1v) is 3.67. The van der Waals surface area contributed by atoms with E-state index in [2.05, 4.69) is 26.7 Å². The van der Waals surface area contributed by atoms with Gasteiger partial charge in [-0.05, 0) is 5.65 Å². The average molecular weight is 119 g/mol. The Morgan fingerprint density at radius 2 is 2.50 bits per heavy atom. The molecule has 0 spiro atoms. The first-order chi connectivity index (χ1) is 2.91. The van der Waals surface area contributed by atoms with E-state index in [9.17, 15) is 0 Å². The van der Waals surface area contributed by atoms with Crippen LogP contribution in [0.2, 0.25) is 6.82 Å². The van der Waals surface area contributed by atoms with Gasteiger partial charge in [-0.2, -0.15) is 24.4 Å². The number of thiol groups is 1. The molecule has 0 heterocycles. The molecule has 0 saturated carbocycles. The second kappa shape index (κ2) is 5.76. The fourth-order valence-electron chi connectivity index (χ4n) is 0.171. The Hall–Kier alpha value is 0.765. The molecule has 0 nitrogen and oxygen atoms in total. The molecule has 0 aliphatic carbocycles. The van der Waals surface area contributed by atoms with Gasteiger partial charge in [0.25, 0.3) is 0 Å². The van der Waals surface area contributed by atoms with Gasteiger partial charge in [0.1, 0.15) is 7.28 Å². The summed E-state index contributed by atoms with van der Waals surface area (Å²) in [7, 11) is 2.13. The van der Waals surface area contributed by atoms with Crippen molar-refractivity contribution < 1.29 is 0 Å². The molecule has 6 heavy (non-hydrogen) atoms. The Kier molecular flexibility index (Phi) is 6.50. The van der Waals surface area contributed by atoms with E-state index in [-0.39, 0.29) is 0 Å². The van der Waals surface area contributed by atoms with E-state index < -0.39 is 0 Å². The van der Waals surface area contributed by atoms with Gasteiger partial charge in [0.05, 0.1) is 0 Å². The molecular weight excluding hydrogens is 111 g/mol. The molecule has 1 radical (unpaired) electrons. The summed E-state index contributed by atoms with van der Waals surface area (Å²) >= 11 is 5.81. The minimum Gasteiger partial charge on any atom is -0.168 e. The first-order valence-electron chi connectivity index (χ1n) is 1.88. The molecular formula is C3H8BS2. The lowest BCUT2D eigenvalue weighted by molar-refractivity contribution is 2.03. The van der Waals surface area contributed by atoms with Gasteiger partial charge in [0.2, 0.25) is 0 Å². The van der Waals surface area contributed by atoms with Crippen LogP contribution in [0.25, 0.3) is 0 Å². The lowest BCUT2D eigenvalue weighted by atomic mass is 9.87. The fraction of sp³-hybridized carbons (Fsp3) is 1.00. The van der Waals surface area contributed by atoms with E-state index in [1.165, 1.54) is 0 Å². The Bertz CT molecular complexity index is 20.8. The van der Waals surface area contributed by atoms with Gasteiger partial charge < -0.3 is 0 Å². The highest BCUT2D eigenvalue weighted by Crippen LogP contribution is 1.97. The Morgan fingerprint density at radius 3 is 2.67 bits per heavy atom. The van der Waals surface area contributed by atoms with Crippen LogP contribution in [0.1, 0.15) is 0 Å². The van der Waals surface area contributed by atoms with Crippen LogP contribution in [0.5, 0.6) is 0 Å². The predicted octanol–water partition coefficient (Wildman–Crippen LogP) is 1.32. The zero-order chi connectivity index (χ0) is 4.83. The first kappa shape index (κ1) is 6.76. The average Bonchev–Trinajstić information content (AvgIpc) is 1.61. The lowest BCUT2D eigenvalue weighted by Crippen LogP contribution is -1.84. The van der Waals surface area contributed by atoms with Gasteiger partial charge in [-0.3, -0.25) is 0 Å². The van der Waals surface area contributed by atoms with Crippen LogP contribution in [0.3, 0.4) is 0 Å². The third-order valence-electron chi connectivity index (χ3n) is 0.376. The van der Waals surface area contributed by atoms with Crippen LogP contribution in [0.4, 0.5) is 0 Å². The van der Waals surface area contributed by atoms with Crippen molar-refractivity contribution in [3.63, 3.8) is 0 Å². The van der Waals surface area contributed by atoms with E-state index in [0.29, 0.717) is 0 Å². The SMILES string of the molecule is C[B]CSCS. The maximum absolute atomic E-state index is 4.00. The van der Waals surface area contributed by atoms with Crippen molar-refractivity contribution >= 4 is 31.7 Å². The fourth-order valence-corrected chi connectivity index (χ4v) is 0.828. The van der Waals surface area contributed by atoms with E-state index in [0.717, 1.165) is 10.7 Å². The Labute approximate surface area is 49.7 Å². The molecule has 0 fully saturated rings. The third kappa shape index (κ3) is 4.76. The highest BCUT2D eigenvalue weighted by molar-refractivity contribution is 8.10. The van der Waals surface area contributed by atoms with E-state index >= 15 is 0 Å². The van der Waals surface area contributed by atoms with Crippen LogP contribution < -0.4 is 0 Å². The quantitative estimate of drug-likeness (QED) is 0.253. The van der Waals surface area contributed by atoms with Crippen molar-refractivity contribution in [2.75, 3.05) is 10.7 Å². The van der Waals surface area contributed by atoms with Crippen LogP contribution >= 0.6 is 24.4 Å². The molecule has 0 N–H and O–H groups in total. The number of hydrogen-bond donors (Lipinski definition) is 1. The van der Waals surface area contributed by atoms with Crippen LogP contribution in [-0.4, -0.2) is 18.0 Å². The van der Waals surface area contributed by atoms with Crippen LogP contribution in [-0.2, 0) is 0 Å². The Morgan fingerprint density at radius 1 is 1.83 bits per heavy atom. The smallest absolute Gasteiger partial charge is 0.119 e. The predicted molar refractivity (Wildman–Crippen MR) is 37.9 cm³/mol. The third-order valence-corrected chi connectivity index (χ3v) is 1.68. The maximum atomic E-state index is 4.00. The molecule has 0 rings (SSSR count). The molecule has 0 aliphatic rings. The van der Waals surface area contributed by atoms with Crippen molar-refractivity contribution in [2.45, 2.75) is 6.82 Å². The summed E-state index contributed by atoms with van der Waals surface area (Å²) in [5.41, 5.74) is 1.13. The zero-order valence-corrected chi connectivity index (χ0v) is 5.56. The summed E-state index contributed by atoms with van der Waals surface area (Å²) in [5.74, 6) is 0. The highest BCUT2D eigenvalue weighted by atomic mass is 32.2. The molecule has 0 unspecified atom stereocenters. The van der Waals surface area contributed by atoms with Gasteiger partial charge in [-0.25, -0.2) is 0 Å². The van der Waals surface area contributed by atoms with E-state index in [1.807, 2.05) is 11.8 Å². The summed E-state index contributed by atoms with van der Waals surface area (Å²) in [4.78, 5) is 0. The molecule has 0 atom stereocenters. The molecule has 0 aromatic rings. The normalized spacial score (nSPS) is 8.33. The number of thioether (sulfide) groups is 1. The minimum atomic E-state index is 0.935. The van der Waals surface area contributed by atoms with E-state index in [4.69, 9.17) is 0 Å². The molecule has 0 aromatic carbocycles. The molecule has 0 aromatic heterocycles. The summed E-state index contributed by atoms with van der Waals surface area (Å²) in [6.07, 6.45) is 0. The van der Waals surface area contributed by atoms with Crippen molar-refractivity contribution in [2.24, 2.45) is 0 Å². The van der Waals surface area contributed by atoms with E-state index in [1.54, 1.807) is 0 Å². The maximum Gasteiger partial charge on any atom is 0.119 e.